The van der Waals surface area contributed by atoms with Crippen molar-refractivity contribution in [3.05, 3.63) is 52.2 Å². The second kappa shape index (κ2) is 6.61. The first-order valence-electron chi connectivity index (χ1n) is 7.99. The number of aromatic nitrogens is 4. The van der Waals surface area contributed by atoms with Gasteiger partial charge in [-0.2, -0.15) is 4.98 Å². The molecule has 1 aliphatic carbocycles. The number of hydrogen-bond acceptors (Lipinski definition) is 6. The van der Waals surface area contributed by atoms with Crippen LogP contribution in [-0.4, -0.2) is 20.1 Å². The van der Waals surface area contributed by atoms with Crippen LogP contribution in [-0.2, 0) is 0 Å². The summed E-state index contributed by atoms with van der Waals surface area (Å²) in [6.45, 7) is 1.93. The van der Waals surface area contributed by atoms with Gasteiger partial charge < -0.3 is 9.84 Å². The molecule has 1 fully saturated rings. The van der Waals surface area contributed by atoms with Gasteiger partial charge in [0.15, 0.2) is 5.82 Å². The topological polar surface area (TPSA) is 76.7 Å². The molecule has 1 aromatic carbocycles. The highest BCUT2D eigenvalue weighted by atomic mass is 35.5. The molecule has 1 saturated carbocycles. The third kappa shape index (κ3) is 3.75. The highest BCUT2D eigenvalue weighted by Crippen LogP contribution is 2.39. The lowest BCUT2D eigenvalue weighted by Gasteiger charge is -2.11. The third-order valence-corrected chi connectivity index (χ3v) is 4.38. The van der Waals surface area contributed by atoms with Crippen LogP contribution in [0, 0.1) is 0 Å². The van der Waals surface area contributed by atoms with Crippen LogP contribution in [0.1, 0.15) is 43.4 Å². The second-order valence-electron chi connectivity index (χ2n) is 6.04. The summed E-state index contributed by atoms with van der Waals surface area (Å²) in [6, 6.07) is 8.75. The fraction of sp³-hybridized carbons (Fsp3) is 0.294. The standard InChI is InChI=1S/C17H15Cl2N5O/c1-9(20-14-8-13(19)21-16(22-14)10-2-3-10)15-23-17(25-24-15)11-4-6-12(18)7-5-11/h4-10H,2-3H2,1H3,(H,20,21,22). The Kier molecular flexibility index (Phi) is 4.31. The van der Waals surface area contributed by atoms with E-state index in [0.717, 1.165) is 24.2 Å². The van der Waals surface area contributed by atoms with Gasteiger partial charge in [0.2, 0.25) is 0 Å². The summed E-state index contributed by atoms with van der Waals surface area (Å²) in [5, 5.41) is 8.39. The van der Waals surface area contributed by atoms with E-state index in [2.05, 4.69) is 25.4 Å². The van der Waals surface area contributed by atoms with Gasteiger partial charge in [-0.25, -0.2) is 9.97 Å². The molecule has 0 spiro atoms. The lowest BCUT2D eigenvalue weighted by molar-refractivity contribution is 0.419. The van der Waals surface area contributed by atoms with E-state index in [1.165, 1.54) is 0 Å². The molecule has 4 rings (SSSR count). The van der Waals surface area contributed by atoms with Gasteiger partial charge in [0.05, 0.1) is 6.04 Å². The summed E-state index contributed by atoms with van der Waals surface area (Å²) in [5.74, 6) is 2.85. The summed E-state index contributed by atoms with van der Waals surface area (Å²) in [5.41, 5.74) is 0.816. The number of rotatable bonds is 5. The van der Waals surface area contributed by atoms with Crippen molar-refractivity contribution in [1.82, 2.24) is 20.1 Å². The van der Waals surface area contributed by atoms with Crippen LogP contribution in [0.5, 0.6) is 0 Å². The molecule has 1 atom stereocenters. The number of hydrogen-bond donors (Lipinski definition) is 1. The smallest absolute Gasteiger partial charge is 0.257 e. The van der Waals surface area contributed by atoms with Crippen molar-refractivity contribution in [2.45, 2.75) is 31.7 Å². The molecule has 0 bridgehead atoms. The van der Waals surface area contributed by atoms with Gasteiger partial charge in [0.1, 0.15) is 16.8 Å². The predicted molar refractivity (Wildman–Crippen MR) is 95.8 cm³/mol. The average molecular weight is 376 g/mol. The van der Waals surface area contributed by atoms with Crippen molar-refractivity contribution >= 4 is 29.0 Å². The minimum atomic E-state index is -0.192. The zero-order chi connectivity index (χ0) is 17.4. The molecule has 0 amide bonds. The molecule has 1 aliphatic rings. The van der Waals surface area contributed by atoms with Crippen LogP contribution in [0.3, 0.4) is 0 Å². The zero-order valence-corrected chi connectivity index (χ0v) is 14.9. The first kappa shape index (κ1) is 16.3. The van der Waals surface area contributed by atoms with Crippen molar-refractivity contribution in [3.8, 4) is 11.5 Å². The highest BCUT2D eigenvalue weighted by Gasteiger charge is 2.27. The average Bonchev–Trinajstić information content (AvgIpc) is 3.32. The summed E-state index contributed by atoms with van der Waals surface area (Å²) >= 11 is 12.0. The van der Waals surface area contributed by atoms with E-state index in [-0.39, 0.29) is 6.04 Å². The van der Waals surface area contributed by atoms with Gasteiger partial charge in [0.25, 0.3) is 5.89 Å². The van der Waals surface area contributed by atoms with Crippen LogP contribution in [0.4, 0.5) is 5.82 Å². The van der Waals surface area contributed by atoms with E-state index in [1.807, 2.05) is 19.1 Å². The first-order valence-corrected chi connectivity index (χ1v) is 8.74. The van der Waals surface area contributed by atoms with E-state index in [1.54, 1.807) is 18.2 Å². The number of halogens is 2. The Morgan fingerprint density at radius 1 is 1.12 bits per heavy atom. The largest absolute Gasteiger partial charge is 0.360 e. The molecule has 1 unspecified atom stereocenters. The second-order valence-corrected chi connectivity index (χ2v) is 6.86. The maximum atomic E-state index is 6.10. The monoisotopic (exact) mass is 375 g/mol. The lowest BCUT2D eigenvalue weighted by Crippen LogP contribution is -2.11. The highest BCUT2D eigenvalue weighted by molar-refractivity contribution is 6.30. The van der Waals surface area contributed by atoms with Crippen LogP contribution in [0.25, 0.3) is 11.5 Å². The molecule has 25 heavy (non-hydrogen) atoms. The fourth-order valence-corrected chi connectivity index (χ4v) is 2.76. The summed E-state index contributed by atoms with van der Waals surface area (Å²) < 4.78 is 5.34. The molecule has 128 valence electrons. The van der Waals surface area contributed by atoms with Crippen molar-refractivity contribution < 1.29 is 4.52 Å². The minimum absolute atomic E-state index is 0.192. The van der Waals surface area contributed by atoms with E-state index < -0.39 is 0 Å². The summed E-state index contributed by atoms with van der Waals surface area (Å²) in [6.07, 6.45) is 2.23. The summed E-state index contributed by atoms with van der Waals surface area (Å²) in [7, 11) is 0. The Morgan fingerprint density at radius 2 is 1.88 bits per heavy atom. The maximum absolute atomic E-state index is 6.10. The van der Waals surface area contributed by atoms with Gasteiger partial charge in [-0.15, -0.1) is 0 Å². The molecule has 0 radical (unpaired) electrons. The van der Waals surface area contributed by atoms with Gasteiger partial charge in [-0.3, -0.25) is 0 Å². The van der Waals surface area contributed by atoms with Crippen LogP contribution < -0.4 is 5.32 Å². The molecular formula is C17H15Cl2N5O. The fourth-order valence-electron chi connectivity index (χ4n) is 2.44. The Morgan fingerprint density at radius 3 is 2.60 bits per heavy atom. The Labute approximate surface area is 154 Å². The van der Waals surface area contributed by atoms with E-state index in [9.17, 15) is 0 Å². The predicted octanol–water partition coefficient (Wildman–Crippen LogP) is 4.88. The van der Waals surface area contributed by atoms with Gasteiger partial charge in [0, 0.05) is 22.6 Å². The Balaban J connectivity index is 1.51. The Bertz CT molecular complexity index is 892. The molecule has 0 aliphatic heterocycles. The number of anilines is 1. The molecule has 2 aromatic heterocycles. The molecule has 6 nitrogen and oxygen atoms in total. The maximum Gasteiger partial charge on any atom is 0.257 e. The molecular weight excluding hydrogens is 361 g/mol. The Hall–Kier alpha value is -2.18. The molecule has 1 N–H and O–H groups in total. The molecule has 8 heteroatoms. The van der Waals surface area contributed by atoms with E-state index in [4.69, 9.17) is 27.7 Å². The van der Waals surface area contributed by atoms with Gasteiger partial charge >= 0.3 is 0 Å². The first-order chi connectivity index (χ1) is 12.1. The van der Waals surface area contributed by atoms with Crippen molar-refractivity contribution in [1.29, 1.82) is 0 Å². The quantitative estimate of drug-likeness (QED) is 0.640. The third-order valence-electron chi connectivity index (χ3n) is 3.94. The number of nitrogens with zero attached hydrogens (tertiary/aromatic N) is 4. The van der Waals surface area contributed by atoms with E-state index in [0.29, 0.717) is 33.6 Å². The minimum Gasteiger partial charge on any atom is -0.360 e. The molecule has 0 saturated heterocycles. The van der Waals surface area contributed by atoms with Crippen molar-refractivity contribution in [2.24, 2.45) is 0 Å². The van der Waals surface area contributed by atoms with Crippen LogP contribution in [0.15, 0.2) is 34.9 Å². The molecule has 2 heterocycles. The molecule has 3 aromatic rings. The van der Waals surface area contributed by atoms with Gasteiger partial charge in [-0.1, -0.05) is 28.4 Å². The number of benzene rings is 1. The lowest BCUT2D eigenvalue weighted by atomic mass is 10.2. The van der Waals surface area contributed by atoms with Crippen LogP contribution >= 0.6 is 23.2 Å². The number of nitrogens with one attached hydrogen (secondary N) is 1. The zero-order valence-electron chi connectivity index (χ0n) is 13.4. The van der Waals surface area contributed by atoms with Gasteiger partial charge in [-0.05, 0) is 44.0 Å². The van der Waals surface area contributed by atoms with E-state index >= 15 is 0 Å². The SMILES string of the molecule is CC(Nc1cc(Cl)nc(C2CC2)n1)c1noc(-c2ccc(Cl)cc2)n1. The van der Waals surface area contributed by atoms with Crippen LogP contribution in [0.2, 0.25) is 10.2 Å². The van der Waals surface area contributed by atoms with Crippen molar-refractivity contribution in [3.63, 3.8) is 0 Å². The summed E-state index contributed by atoms with van der Waals surface area (Å²) in [4.78, 5) is 13.2. The normalized spacial score (nSPS) is 15.2. The van der Waals surface area contributed by atoms with Crippen molar-refractivity contribution in [2.75, 3.05) is 5.32 Å².